The van der Waals surface area contributed by atoms with Gasteiger partial charge in [-0.15, -0.1) is 0 Å². The summed E-state index contributed by atoms with van der Waals surface area (Å²) in [4.78, 5) is 50.6. The van der Waals surface area contributed by atoms with Crippen LogP contribution in [0.4, 0.5) is 0 Å². The second-order valence-electron chi connectivity index (χ2n) is 19.4. The number of carbonyl (C=O) groups excluding carboxylic acids is 2. The minimum absolute atomic E-state index is 0.00703. The van der Waals surface area contributed by atoms with E-state index in [1.165, 1.54) is 17.7 Å². The van der Waals surface area contributed by atoms with E-state index in [1.807, 2.05) is 0 Å². The highest BCUT2D eigenvalue weighted by Gasteiger charge is 2.66. The zero-order valence-corrected chi connectivity index (χ0v) is 33.1. The van der Waals surface area contributed by atoms with Crippen LogP contribution in [0.25, 0.3) is 0 Å². The van der Waals surface area contributed by atoms with E-state index in [9.17, 15) is 29.4 Å². The number of carbonyl (C=O) groups is 4. The first-order chi connectivity index (χ1) is 25.3. The molecule has 0 saturated heterocycles. The number of fused-ring (bicyclic) bond motifs is 6. The summed E-state index contributed by atoms with van der Waals surface area (Å²) in [7, 11) is 0. The molecule has 7 rings (SSSR count). The van der Waals surface area contributed by atoms with Crippen LogP contribution < -0.4 is 10.6 Å². The van der Waals surface area contributed by atoms with Crippen molar-refractivity contribution in [3.05, 3.63) is 94.1 Å². The van der Waals surface area contributed by atoms with Gasteiger partial charge in [0.2, 0.25) is 0 Å². The van der Waals surface area contributed by atoms with Crippen molar-refractivity contribution in [1.82, 2.24) is 10.6 Å². The van der Waals surface area contributed by atoms with E-state index in [1.54, 1.807) is 42.0 Å². The van der Waals surface area contributed by atoms with Crippen molar-refractivity contribution in [2.75, 3.05) is 6.54 Å². The highest BCUT2D eigenvalue weighted by atomic mass is 16.4. The Bertz CT molecular complexity index is 1980. The summed E-state index contributed by atoms with van der Waals surface area (Å²) < 4.78 is 0. The molecule has 0 spiro atoms. The van der Waals surface area contributed by atoms with Crippen LogP contribution in [-0.4, -0.2) is 46.6 Å². The molecule has 288 valence electrons. The minimum atomic E-state index is -1.10. The van der Waals surface area contributed by atoms with Crippen LogP contribution in [0.1, 0.15) is 148 Å². The van der Waals surface area contributed by atoms with Crippen LogP contribution in [-0.2, 0) is 0 Å². The number of hydrogen-bond acceptors (Lipinski definition) is 4. The molecular weight excluding hydrogens is 677 g/mol. The molecule has 0 unspecified atom stereocenters. The van der Waals surface area contributed by atoms with Crippen molar-refractivity contribution in [2.24, 2.45) is 44.3 Å². The van der Waals surface area contributed by atoms with Crippen molar-refractivity contribution in [3.8, 4) is 0 Å². The Hall–Kier alpha value is -4.20. The summed E-state index contributed by atoms with van der Waals surface area (Å²) in [6, 6.07) is 12.8. The lowest BCUT2D eigenvalue weighted by molar-refractivity contribution is -0.158. The van der Waals surface area contributed by atoms with Gasteiger partial charge in [-0.1, -0.05) is 90.5 Å². The average molecular weight is 735 g/mol. The lowest BCUT2D eigenvalue weighted by Crippen LogP contribution is -2.64. The van der Waals surface area contributed by atoms with Gasteiger partial charge in [0.05, 0.1) is 22.3 Å². The van der Waals surface area contributed by atoms with E-state index in [0.29, 0.717) is 18.4 Å². The molecule has 2 aromatic rings. The molecule has 0 bridgehead atoms. The molecule has 2 aromatic carbocycles. The van der Waals surface area contributed by atoms with Crippen LogP contribution in [0.2, 0.25) is 0 Å². The van der Waals surface area contributed by atoms with Gasteiger partial charge >= 0.3 is 11.9 Å². The first-order valence-corrected chi connectivity index (χ1v) is 20.0. The monoisotopic (exact) mass is 734 g/mol. The van der Waals surface area contributed by atoms with Gasteiger partial charge in [0, 0.05) is 12.6 Å². The summed E-state index contributed by atoms with van der Waals surface area (Å²) in [6.45, 7) is 17.4. The molecule has 0 aliphatic heterocycles. The number of allylic oxidation sites excluding steroid dienone is 4. The number of carboxylic acids is 2. The molecule has 54 heavy (non-hydrogen) atoms. The Kier molecular flexibility index (Phi) is 9.13. The molecule has 5 aliphatic carbocycles. The van der Waals surface area contributed by atoms with E-state index in [0.717, 1.165) is 57.8 Å². The van der Waals surface area contributed by atoms with Crippen LogP contribution in [0.15, 0.2) is 71.8 Å². The standard InChI is InChI=1S/C46H58N2O6/c1-41(2)34-18-21-46(7)35(44(34,5)20-19-36(41)48-38(50)29-13-9-11-15-31(29)40(53)54)17-16-32-33-26-42(3,22-23-43(33,4)24-25-45(32,46)6)27-47-37(49)28-12-8-10-14-30(28)39(51)52/h8-17,34-36H,18-27H2,1-7H3,(H,47,49)(H,48,50)(H,51,52)(H,53,54)/t34-,35+,36-,42-,43+,44-,45+,46+/m0/s1. The molecular formula is C46H58N2O6. The molecule has 0 radical (unpaired) electrons. The Morgan fingerprint density at radius 1 is 0.704 bits per heavy atom. The third-order valence-electron chi connectivity index (χ3n) is 16.1. The van der Waals surface area contributed by atoms with Crippen molar-refractivity contribution < 1.29 is 29.4 Å². The summed E-state index contributed by atoms with van der Waals surface area (Å²) in [5.74, 6) is -2.10. The fourth-order valence-corrected chi connectivity index (χ4v) is 12.5. The van der Waals surface area contributed by atoms with Gasteiger partial charge in [0.1, 0.15) is 0 Å². The van der Waals surface area contributed by atoms with Crippen molar-refractivity contribution in [3.63, 3.8) is 0 Å². The Labute approximate surface area is 320 Å². The number of carboxylic acid groups (broad SMARTS) is 2. The van der Waals surface area contributed by atoms with E-state index < -0.39 is 11.9 Å². The number of aromatic carboxylic acids is 2. The van der Waals surface area contributed by atoms with E-state index in [2.05, 4.69) is 71.3 Å². The topological polar surface area (TPSA) is 133 Å². The zero-order chi connectivity index (χ0) is 39.1. The molecule has 8 nitrogen and oxygen atoms in total. The van der Waals surface area contributed by atoms with E-state index in [4.69, 9.17) is 0 Å². The molecule has 0 heterocycles. The maximum absolute atomic E-state index is 13.6. The molecule has 5 aliphatic rings. The van der Waals surface area contributed by atoms with Crippen molar-refractivity contribution in [1.29, 1.82) is 0 Å². The smallest absolute Gasteiger partial charge is 0.336 e. The number of nitrogens with one attached hydrogen (secondary N) is 2. The fourth-order valence-electron chi connectivity index (χ4n) is 12.5. The van der Waals surface area contributed by atoms with Crippen LogP contribution in [0, 0.1) is 44.3 Å². The normalized spacial score (nSPS) is 36.5. The minimum Gasteiger partial charge on any atom is -0.478 e. The molecule has 2 amide bonds. The second-order valence-corrected chi connectivity index (χ2v) is 19.4. The van der Waals surface area contributed by atoms with Gasteiger partial charge in [-0.25, -0.2) is 9.59 Å². The van der Waals surface area contributed by atoms with Crippen molar-refractivity contribution in [2.45, 2.75) is 112 Å². The average Bonchev–Trinajstić information content (AvgIpc) is 3.13. The lowest BCUT2D eigenvalue weighted by Gasteiger charge is -2.69. The Morgan fingerprint density at radius 3 is 1.89 bits per heavy atom. The number of benzene rings is 2. The zero-order valence-electron chi connectivity index (χ0n) is 33.1. The van der Waals surface area contributed by atoms with Gasteiger partial charge in [0.25, 0.3) is 11.8 Å². The molecule has 4 N–H and O–H groups in total. The van der Waals surface area contributed by atoms with Gasteiger partial charge in [-0.2, -0.15) is 0 Å². The Morgan fingerprint density at radius 2 is 1.28 bits per heavy atom. The maximum atomic E-state index is 13.6. The molecule has 3 saturated carbocycles. The van der Waals surface area contributed by atoms with Gasteiger partial charge in [-0.3, -0.25) is 9.59 Å². The molecule has 8 atom stereocenters. The van der Waals surface area contributed by atoms with Crippen LogP contribution in [0.3, 0.4) is 0 Å². The molecule has 8 heteroatoms. The summed E-state index contributed by atoms with van der Waals surface area (Å²) in [6.07, 6.45) is 14.3. The fraction of sp³-hybridized carbons (Fsp3) is 0.565. The highest BCUT2D eigenvalue weighted by Crippen LogP contribution is 2.74. The van der Waals surface area contributed by atoms with Crippen molar-refractivity contribution >= 4 is 23.8 Å². The largest absolute Gasteiger partial charge is 0.478 e. The predicted molar refractivity (Wildman–Crippen MR) is 209 cm³/mol. The number of rotatable bonds is 7. The highest BCUT2D eigenvalue weighted by molar-refractivity contribution is 6.05. The number of hydrogen-bond donors (Lipinski definition) is 4. The van der Waals surface area contributed by atoms with E-state index >= 15 is 0 Å². The first-order valence-electron chi connectivity index (χ1n) is 20.0. The quantitative estimate of drug-likeness (QED) is 0.224. The third kappa shape index (κ3) is 5.76. The van der Waals surface area contributed by atoms with Crippen LogP contribution in [0.5, 0.6) is 0 Å². The lowest BCUT2D eigenvalue weighted by atomic mass is 9.35. The van der Waals surface area contributed by atoms with Gasteiger partial charge in [-0.05, 0) is 132 Å². The Balaban J connectivity index is 1.15. The SMILES string of the molecule is CC1(C)[C@@H](NC(=O)c2ccccc2C(=O)O)CC[C@]2(C)[C@H]3C=CC4=C5C[C@@](C)(CNC(=O)c6ccccc6C(=O)O)CC[C@]5(C)CC[C@@]4(C)[C@]3(C)CC[C@@H]12. The van der Waals surface area contributed by atoms with Gasteiger partial charge in [0.15, 0.2) is 0 Å². The molecule has 3 fully saturated rings. The second kappa shape index (κ2) is 12.9. The van der Waals surface area contributed by atoms with E-state index in [-0.39, 0.29) is 72.6 Å². The summed E-state index contributed by atoms with van der Waals surface area (Å²) in [5.41, 5.74) is 3.34. The van der Waals surface area contributed by atoms with Crippen LogP contribution >= 0.6 is 0 Å². The molecule has 0 aromatic heterocycles. The number of amides is 2. The summed E-state index contributed by atoms with van der Waals surface area (Å²) in [5, 5.41) is 25.8. The predicted octanol–water partition coefficient (Wildman–Crippen LogP) is 9.33. The maximum Gasteiger partial charge on any atom is 0.336 e. The van der Waals surface area contributed by atoms with Gasteiger partial charge < -0.3 is 20.8 Å². The first kappa shape index (κ1) is 38.1. The third-order valence-corrected chi connectivity index (χ3v) is 16.1. The summed E-state index contributed by atoms with van der Waals surface area (Å²) >= 11 is 0.